The fourth-order valence-corrected chi connectivity index (χ4v) is 6.56. The largest absolute Gasteiger partial charge is 0.204 e. The summed E-state index contributed by atoms with van der Waals surface area (Å²) in [6, 6.07) is 11.4. The highest BCUT2D eigenvalue weighted by atomic mass is 32.2. The smallest absolute Gasteiger partial charge is 0.163 e. The van der Waals surface area contributed by atoms with Gasteiger partial charge in [-0.3, -0.25) is 0 Å². The fraction of sp³-hybridized carbons (Fsp3) is 0.300. The van der Waals surface area contributed by atoms with Crippen molar-refractivity contribution in [3.8, 4) is 0 Å². The zero-order chi connectivity index (χ0) is 17.1. The number of rotatable bonds is 0. The van der Waals surface area contributed by atoms with Crippen LogP contribution >= 0.6 is 23.1 Å². The molecule has 1 aromatic heterocycles. The van der Waals surface area contributed by atoms with Gasteiger partial charge in [0.1, 0.15) is 0 Å². The van der Waals surface area contributed by atoms with E-state index in [0.29, 0.717) is 11.3 Å². The van der Waals surface area contributed by atoms with E-state index < -0.39 is 11.6 Å². The highest BCUT2D eigenvalue weighted by Gasteiger charge is 2.36. The molecule has 0 fully saturated rings. The first-order chi connectivity index (χ1) is 11.4. The lowest BCUT2D eigenvalue weighted by Gasteiger charge is -2.31. The Balaban J connectivity index is 2.05. The second-order valence-electron chi connectivity index (χ2n) is 7.31. The van der Waals surface area contributed by atoms with Crippen LogP contribution in [0.15, 0.2) is 41.3 Å². The molecule has 1 aliphatic heterocycles. The van der Waals surface area contributed by atoms with Crippen LogP contribution in [0.1, 0.15) is 42.7 Å². The number of halogens is 2. The molecule has 0 amide bonds. The average molecular weight is 360 g/mol. The Bertz CT molecular complexity index is 935. The van der Waals surface area contributed by atoms with Gasteiger partial charge in [0.05, 0.1) is 0 Å². The van der Waals surface area contributed by atoms with Crippen LogP contribution < -0.4 is 0 Å². The monoisotopic (exact) mass is 360 g/mol. The van der Waals surface area contributed by atoms with Gasteiger partial charge in [-0.15, -0.1) is 23.1 Å². The molecule has 124 valence electrons. The van der Waals surface area contributed by atoms with Crippen molar-refractivity contribution in [3.63, 3.8) is 0 Å². The summed E-state index contributed by atoms with van der Waals surface area (Å²) in [5, 5.41) is 1.23. The second kappa shape index (κ2) is 5.57. The van der Waals surface area contributed by atoms with Crippen LogP contribution in [0.4, 0.5) is 8.78 Å². The fourth-order valence-electron chi connectivity index (χ4n) is 3.55. The van der Waals surface area contributed by atoms with E-state index in [9.17, 15) is 8.78 Å². The average Bonchev–Trinajstić information content (AvgIpc) is 2.78. The van der Waals surface area contributed by atoms with E-state index in [4.69, 9.17) is 0 Å². The van der Waals surface area contributed by atoms with Gasteiger partial charge in [0.2, 0.25) is 0 Å². The van der Waals surface area contributed by atoms with E-state index in [1.54, 1.807) is 29.2 Å². The molecule has 1 aliphatic rings. The van der Waals surface area contributed by atoms with E-state index >= 15 is 0 Å². The molecule has 1 unspecified atom stereocenters. The van der Waals surface area contributed by atoms with E-state index in [2.05, 4.69) is 39.0 Å². The molecule has 0 spiro atoms. The quantitative estimate of drug-likeness (QED) is 0.417. The first-order valence-electron chi connectivity index (χ1n) is 7.99. The third-order valence-corrected chi connectivity index (χ3v) is 7.13. The molecule has 2 aromatic carbocycles. The van der Waals surface area contributed by atoms with Crippen molar-refractivity contribution in [2.45, 2.75) is 37.3 Å². The maximum atomic E-state index is 14.5. The van der Waals surface area contributed by atoms with Gasteiger partial charge in [0, 0.05) is 37.1 Å². The summed E-state index contributed by atoms with van der Waals surface area (Å²) in [4.78, 5) is 2.50. The van der Waals surface area contributed by atoms with Crippen molar-refractivity contribution >= 4 is 33.2 Å². The van der Waals surface area contributed by atoms with Crippen LogP contribution in [0, 0.1) is 17.0 Å². The Morgan fingerprint density at radius 2 is 1.79 bits per heavy atom. The highest BCUT2D eigenvalue weighted by molar-refractivity contribution is 7.99. The van der Waals surface area contributed by atoms with Crippen molar-refractivity contribution in [1.29, 1.82) is 0 Å². The van der Waals surface area contributed by atoms with Crippen LogP contribution in [0.25, 0.3) is 10.1 Å². The molecule has 0 radical (unpaired) electrons. The maximum absolute atomic E-state index is 14.5. The second-order valence-corrected chi connectivity index (χ2v) is 9.38. The predicted octanol–water partition coefficient (Wildman–Crippen LogP) is 6.96. The molecule has 0 bridgehead atoms. The molecule has 24 heavy (non-hydrogen) atoms. The molecule has 1 atom stereocenters. The Labute approximate surface area is 148 Å². The maximum Gasteiger partial charge on any atom is 0.163 e. The van der Waals surface area contributed by atoms with Gasteiger partial charge in [0.25, 0.3) is 0 Å². The summed E-state index contributed by atoms with van der Waals surface area (Å²) >= 11 is 3.42. The molecular weight excluding hydrogens is 342 g/mol. The van der Waals surface area contributed by atoms with Gasteiger partial charge < -0.3 is 0 Å². The summed E-state index contributed by atoms with van der Waals surface area (Å²) in [5.41, 5.74) is 1.37. The van der Waals surface area contributed by atoms with Crippen molar-refractivity contribution in [3.05, 3.63) is 64.0 Å². The summed E-state index contributed by atoms with van der Waals surface area (Å²) in [5.74, 6) is -0.907. The zero-order valence-electron chi connectivity index (χ0n) is 13.8. The van der Waals surface area contributed by atoms with Gasteiger partial charge in [-0.25, -0.2) is 8.78 Å². The highest BCUT2D eigenvalue weighted by Crippen LogP contribution is 2.54. The van der Waals surface area contributed by atoms with Crippen molar-refractivity contribution in [2.24, 2.45) is 5.41 Å². The third-order valence-electron chi connectivity index (χ3n) is 4.61. The lowest BCUT2D eigenvalue weighted by atomic mass is 9.74. The summed E-state index contributed by atoms with van der Waals surface area (Å²) in [7, 11) is 0. The first kappa shape index (κ1) is 16.1. The van der Waals surface area contributed by atoms with Gasteiger partial charge in [0.15, 0.2) is 11.6 Å². The molecule has 4 heteroatoms. The Morgan fingerprint density at radius 1 is 1.04 bits per heavy atom. The minimum absolute atomic E-state index is 0.0602. The van der Waals surface area contributed by atoms with Crippen molar-refractivity contribution in [2.75, 3.05) is 0 Å². The third kappa shape index (κ3) is 2.39. The minimum Gasteiger partial charge on any atom is -0.204 e. The standard InChI is InChI=1S/C20H18F2S2/c1-20(2,3)16-11-8-9-14(21)17(22)13(11)10-23-18-12-6-4-5-7-15(12)24-19(16)18/h4-9,16H,10H2,1-3H3. The number of benzene rings is 2. The Hall–Kier alpha value is -1.39. The lowest BCUT2D eigenvalue weighted by Crippen LogP contribution is -2.20. The molecule has 4 rings (SSSR count). The van der Waals surface area contributed by atoms with Crippen molar-refractivity contribution < 1.29 is 8.78 Å². The molecule has 0 N–H and O–H groups in total. The Kier molecular flexibility index (Phi) is 3.73. The van der Waals surface area contributed by atoms with E-state index in [-0.39, 0.29) is 11.3 Å². The lowest BCUT2D eigenvalue weighted by molar-refractivity contribution is 0.357. The number of hydrogen-bond donors (Lipinski definition) is 0. The normalized spacial score (nSPS) is 17.5. The molecule has 0 nitrogen and oxygen atoms in total. The van der Waals surface area contributed by atoms with Crippen LogP contribution in [-0.2, 0) is 5.75 Å². The Morgan fingerprint density at radius 3 is 2.54 bits per heavy atom. The molecular formula is C20H18F2S2. The summed E-state index contributed by atoms with van der Waals surface area (Å²) in [6.45, 7) is 6.52. The number of thiophene rings is 1. The van der Waals surface area contributed by atoms with E-state index in [0.717, 1.165) is 5.56 Å². The predicted molar refractivity (Wildman–Crippen MR) is 99.0 cm³/mol. The summed E-state index contributed by atoms with van der Waals surface area (Å²) < 4.78 is 29.5. The zero-order valence-corrected chi connectivity index (χ0v) is 15.5. The van der Waals surface area contributed by atoms with Gasteiger partial charge in [-0.1, -0.05) is 45.0 Å². The van der Waals surface area contributed by atoms with Crippen LogP contribution in [0.2, 0.25) is 0 Å². The first-order valence-corrected chi connectivity index (χ1v) is 9.79. The van der Waals surface area contributed by atoms with Crippen molar-refractivity contribution in [1.82, 2.24) is 0 Å². The van der Waals surface area contributed by atoms with E-state index in [1.807, 2.05) is 6.07 Å². The van der Waals surface area contributed by atoms with Crippen LogP contribution in [-0.4, -0.2) is 0 Å². The topological polar surface area (TPSA) is 0 Å². The molecule has 0 saturated carbocycles. The van der Waals surface area contributed by atoms with Gasteiger partial charge in [-0.2, -0.15) is 0 Å². The number of thioether (sulfide) groups is 1. The molecule has 0 aliphatic carbocycles. The number of fused-ring (bicyclic) bond motifs is 4. The number of hydrogen-bond acceptors (Lipinski definition) is 2. The molecule has 2 heterocycles. The van der Waals surface area contributed by atoms with E-state index in [1.165, 1.54) is 25.9 Å². The molecule has 3 aromatic rings. The van der Waals surface area contributed by atoms with Crippen LogP contribution in [0.5, 0.6) is 0 Å². The van der Waals surface area contributed by atoms with Gasteiger partial charge in [-0.05, 0) is 23.1 Å². The SMILES string of the molecule is CC(C)(C)C1c2ccc(F)c(F)c2CSc2c1sc1ccccc21. The summed E-state index contributed by atoms with van der Waals surface area (Å²) in [6.07, 6.45) is 0. The van der Waals surface area contributed by atoms with Gasteiger partial charge >= 0.3 is 0 Å². The van der Waals surface area contributed by atoms with Crippen LogP contribution in [0.3, 0.4) is 0 Å². The molecule has 0 saturated heterocycles. The minimum atomic E-state index is -0.753.